The number of benzene rings is 6. The summed E-state index contributed by atoms with van der Waals surface area (Å²) in [5.74, 6) is 0.0455. The van der Waals surface area contributed by atoms with E-state index in [1.54, 1.807) is 12.1 Å². The summed E-state index contributed by atoms with van der Waals surface area (Å²) < 4.78 is 31.1. The molecule has 0 saturated heterocycles. The van der Waals surface area contributed by atoms with Gasteiger partial charge in [0.2, 0.25) is 0 Å². The Morgan fingerprint density at radius 3 is 1.23 bits per heavy atom. The van der Waals surface area contributed by atoms with Crippen LogP contribution in [-0.2, 0) is 23.9 Å². The molecule has 0 amide bonds. The van der Waals surface area contributed by atoms with E-state index >= 15 is 0 Å². The Kier molecular flexibility index (Phi) is 18.3. The predicted octanol–water partition coefficient (Wildman–Crippen LogP) is 9.89. The molecule has 6 aromatic rings. The van der Waals surface area contributed by atoms with Gasteiger partial charge in [0.15, 0.2) is 0 Å². The number of fused-ring (bicyclic) bond motifs is 2. The first-order chi connectivity index (χ1) is 31.4. The van der Waals surface area contributed by atoms with Crippen LogP contribution in [0.1, 0.15) is 73.6 Å². The fourth-order valence-electron chi connectivity index (χ4n) is 8.55. The summed E-state index contributed by atoms with van der Waals surface area (Å²) in [5.41, 5.74) is 15.1. The summed E-state index contributed by atoms with van der Waals surface area (Å²) in [6.07, 6.45) is 27.8. The van der Waals surface area contributed by atoms with E-state index in [0.717, 1.165) is 83.0 Å². The van der Waals surface area contributed by atoms with Crippen molar-refractivity contribution in [3.63, 3.8) is 0 Å². The predicted molar refractivity (Wildman–Crippen MR) is 259 cm³/mol. The van der Waals surface area contributed by atoms with Crippen molar-refractivity contribution in [3.05, 3.63) is 286 Å². The molecule has 0 aliphatic heterocycles. The average molecular weight is 1070 g/mol. The van der Waals surface area contributed by atoms with Gasteiger partial charge >= 0.3 is 98.9 Å². The van der Waals surface area contributed by atoms with Crippen molar-refractivity contribution in [2.24, 2.45) is 0 Å². The van der Waals surface area contributed by atoms with E-state index in [4.69, 9.17) is 0 Å². The van der Waals surface area contributed by atoms with E-state index in [1.165, 1.54) is 36.7 Å². The quantitative estimate of drug-likeness (QED) is 0.105. The van der Waals surface area contributed by atoms with E-state index in [1.807, 2.05) is 72.8 Å². The van der Waals surface area contributed by atoms with Crippen molar-refractivity contribution in [1.29, 1.82) is 0 Å². The average Bonchev–Trinajstić information content (AvgIpc) is 3.83. The van der Waals surface area contributed by atoms with Gasteiger partial charge in [-0.2, -0.15) is 34.4 Å². The van der Waals surface area contributed by atoms with E-state index < -0.39 is 0 Å². The Morgan fingerprint density at radius 2 is 0.879 bits per heavy atom. The monoisotopic (exact) mass is 1070 g/mol. The van der Waals surface area contributed by atoms with Crippen LogP contribution in [0.3, 0.4) is 0 Å². The molecule has 0 saturated carbocycles. The summed E-state index contributed by atoms with van der Waals surface area (Å²) in [6, 6.07) is 52.0. The van der Waals surface area contributed by atoms with Gasteiger partial charge in [-0.3, -0.25) is 0 Å². The molecular weight excluding hydrogens is 1020 g/mol. The molecule has 2 atom stereocenters. The first-order valence-electron chi connectivity index (χ1n) is 22.2. The van der Waals surface area contributed by atoms with Crippen molar-refractivity contribution < 1.29 is 57.5 Å². The Balaban J connectivity index is 0.000000168. The van der Waals surface area contributed by atoms with E-state index in [-0.39, 0.29) is 48.3 Å². The third-order valence-electron chi connectivity index (χ3n) is 12.0. The normalized spacial score (nSPS) is 16.5. The summed E-state index contributed by atoms with van der Waals surface area (Å²) in [5, 5.41) is 0. The van der Waals surface area contributed by atoms with Gasteiger partial charge < -0.3 is 24.8 Å². The van der Waals surface area contributed by atoms with Gasteiger partial charge in [-0.15, -0.1) is 47.6 Å². The summed E-state index contributed by atoms with van der Waals surface area (Å²) in [7, 11) is 0. The molecule has 0 radical (unpaired) electrons. The molecule has 0 N–H and O–H groups in total. The van der Waals surface area contributed by atoms with Crippen molar-refractivity contribution in [1.82, 2.24) is 0 Å². The van der Waals surface area contributed by atoms with Crippen LogP contribution >= 0.6 is 0 Å². The van der Waals surface area contributed by atoms with Gasteiger partial charge in [0, 0.05) is 11.1 Å². The Bertz CT molecular complexity index is 2670. The van der Waals surface area contributed by atoms with Crippen molar-refractivity contribution in [3.8, 4) is 22.3 Å². The van der Waals surface area contributed by atoms with Crippen molar-refractivity contribution >= 4 is 3.26 Å². The molecular formula is C61H50Cl2F2Hf-2. The second kappa shape index (κ2) is 24.3. The molecule has 328 valence electrons. The maximum absolute atomic E-state index is 14.8. The number of hydrogen-bond donors (Lipinski definition) is 0. The zero-order valence-electron chi connectivity index (χ0n) is 37.1. The molecule has 0 bridgehead atoms. The summed E-state index contributed by atoms with van der Waals surface area (Å²) >= 11 is 1.08. The standard InChI is InChI=1S/2C24H20F.C13H10.2ClH.Hf/c2*1-2-17-14-19-10-6-7-11-21(23(19)15-17)20-12-13-22(24(25)16-20)18-8-4-3-5-9-18;1-3-7-12(8-4-1)11-13-9-5-2-6-10-13;;;/h2*3-10,12-13,15-16,21H,2,11H2,1H3;1-10H;2*1H;/q2*-1;;;;+2/p-2. The molecule has 5 heteroatoms. The van der Waals surface area contributed by atoms with Gasteiger partial charge in [-0.05, 0) is 71.9 Å². The van der Waals surface area contributed by atoms with E-state index in [0.29, 0.717) is 11.1 Å². The first kappa shape index (κ1) is 49.8. The number of hydrogen-bond acceptors (Lipinski definition) is 0. The molecule has 0 nitrogen and oxygen atoms in total. The SMILES string of the molecule is CCC1=[C-]C2=CC=CCC(c3ccc(-c4ccccc4)c(F)c3)C2=C1.CCC1=[C-]C2=CC=CCC(c3ccc(-c4ccccc4)c(F)c3)C2=C1.[Cl-].[Cl-].[Hf+2]=[C](c1ccccc1)c1ccccc1. The maximum atomic E-state index is 14.8. The van der Waals surface area contributed by atoms with Gasteiger partial charge in [0.05, 0.1) is 0 Å². The molecule has 0 heterocycles. The molecule has 4 aliphatic rings. The molecule has 10 rings (SSSR count). The Hall–Kier alpha value is -5.58. The number of allylic oxidation sites excluding steroid dienone is 16. The topological polar surface area (TPSA) is 0 Å². The number of halogens is 4. The molecule has 66 heavy (non-hydrogen) atoms. The minimum absolute atomic E-state index is 0. The Labute approximate surface area is 417 Å². The molecule has 0 fully saturated rings. The van der Waals surface area contributed by atoms with Crippen LogP contribution in [0.15, 0.2) is 240 Å². The van der Waals surface area contributed by atoms with Crippen LogP contribution in [0.25, 0.3) is 22.3 Å². The zero-order valence-corrected chi connectivity index (χ0v) is 42.2. The summed E-state index contributed by atoms with van der Waals surface area (Å²) in [6.45, 7) is 4.29. The number of rotatable bonds is 8. The minimum atomic E-state index is -0.159. The second-order valence-corrected chi connectivity index (χ2v) is 17.9. The van der Waals surface area contributed by atoms with Crippen LogP contribution in [0.4, 0.5) is 8.78 Å². The van der Waals surface area contributed by atoms with Crippen LogP contribution in [-0.4, -0.2) is 3.26 Å². The van der Waals surface area contributed by atoms with Crippen LogP contribution in [0, 0.1) is 23.8 Å². The molecule has 2 unspecified atom stereocenters. The Morgan fingerprint density at radius 1 is 0.515 bits per heavy atom. The van der Waals surface area contributed by atoms with E-state index in [9.17, 15) is 8.78 Å². The fourth-order valence-corrected chi connectivity index (χ4v) is 9.74. The van der Waals surface area contributed by atoms with Crippen molar-refractivity contribution in [2.75, 3.05) is 0 Å². The molecule has 0 aromatic heterocycles. The third-order valence-corrected chi connectivity index (χ3v) is 14.1. The van der Waals surface area contributed by atoms with Gasteiger partial charge in [-0.1, -0.05) is 111 Å². The van der Waals surface area contributed by atoms with Gasteiger partial charge in [-0.25, -0.2) is 8.78 Å². The zero-order chi connectivity index (χ0) is 44.3. The summed E-state index contributed by atoms with van der Waals surface area (Å²) in [4.78, 5) is 0. The van der Waals surface area contributed by atoms with Gasteiger partial charge in [0.1, 0.15) is 11.6 Å². The first-order valence-corrected chi connectivity index (χ1v) is 24.0. The van der Waals surface area contributed by atoms with Gasteiger partial charge in [0.25, 0.3) is 0 Å². The third kappa shape index (κ3) is 12.1. The molecule has 0 spiro atoms. The van der Waals surface area contributed by atoms with Crippen LogP contribution in [0.2, 0.25) is 0 Å². The van der Waals surface area contributed by atoms with Crippen LogP contribution < -0.4 is 24.8 Å². The van der Waals surface area contributed by atoms with Crippen molar-refractivity contribution in [2.45, 2.75) is 51.4 Å². The molecule has 4 aliphatic carbocycles. The fraction of sp³-hybridized carbons (Fsp3) is 0.131. The van der Waals surface area contributed by atoms with E-state index in [2.05, 4.69) is 147 Å². The second-order valence-electron chi connectivity index (χ2n) is 16.1. The van der Waals surface area contributed by atoms with Crippen LogP contribution in [0.5, 0.6) is 0 Å². The molecule has 6 aromatic carbocycles.